The highest BCUT2D eigenvalue weighted by atomic mass is 32.2. The summed E-state index contributed by atoms with van der Waals surface area (Å²) in [5.41, 5.74) is -1.23. The largest absolute Gasteiger partial charge is 0.480 e. The van der Waals surface area contributed by atoms with Crippen LogP contribution in [0, 0.1) is 0 Å². The maximum Gasteiger partial charge on any atom is 0.329 e. The van der Waals surface area contributed by atoms with Crippen molar-refractivity contribution in [1.82, 2.24) is 5.32 Å². The van der Waals surface area contributed by atoms with Crippen LogP contribution < -0.4 is 5.32 Å². The van der Waals surface area contributed by atoms with Crippen molar-refractivity contribution in [2.45, 2.75) is 24.8 Å². The van der Waals surface area contributed by atoms with E-state index in [1.54, 1.807) is 0 Å². The predicted octanol–water partition coefficient (Wildman–Crippen LogP) is -0.845. The first-order valence-electron chi connectivity index (χ1n) is 4.47. The molecule has 86 valence electrons. The monoisotopic (exact) mass is 235 g/mol. The van der Waals surface area contributed by atoms with Crippen molar-refractivity contribution in [3.8, 4) is 0 Å². The van der Waals surface area contributed by atoms with Crippen molar-refractivity contribution >= 4 is 21.7 Å². The molecule has 1 fully saturated rings. The smallest absolute Gasteiger partial charge is 0.329 e. The zero-order valence-electron chi connectivity index (χ0n) is 8.32. The van der Waals surface area contributed by atoms with Crippen LogP contribution in [0.25, 0.3) is 0 Å². The topological polar surface area (TPSA) is 101 Å². The van der Waals surface area contributed by atoms with Crippen LogP contribution in [-0.4, -0.2) is 42.9 Å². The number of aliphatic carboxylic acids is 1. The van der Waals surface area contributed by atoms with Crippen LogP contribution in [0.3, 0.4) is 0 Å². The zero-order chi connectivity index (χ0) is 11.7. The van der Waals surface area contributed by atoms with E-state index in [1.165, 1.54) is 0 Å². The Morgan fingerprint density at radius 2 is 1.93 bits per heavy atom. The van der Waals surface area contributed by atoms with Crippen molar-refractivity contribution in [2.75, 3.05) is 12.0 Å². The van der Waals surface area contributed by atoms with Crippen molar-refractivity contribution in [3.05, 3.63) is 0 Å². The van der Waals surface area contributed by atoms with Gasteiger partial charge < -0.3 is 10.4 Å². The van der Waals surface area contributed by atoms with Crippen molar-refractivity contribution in [3.63, 3.8) is 0 Å². The van der Waals surface area contributed by atoms with Crippen LogP contribution >= 0.6 is 0 Å². The Kier molecular flexibility index (Phi) is 3.03. The highest BCUT2D eigenvalue weighted by molar-refractivity contribution is 7.91. The van der Waals surface area contributed by atoms with E-state index in [1.807, 2.05) is 0 Å². The Morgan fingerprint density at radius 3 is 2.20 bits per heavy atom. The van der Waals surface area contributed by atoms with Gasteiger partial charge in [0.15, 0.2) is 9.84 Å². The van der Waals surface area contributed by atoms with E-state index in [0.29, 0.717) is 12.8 Å². The molecule has 15 heavy (non-hydrogen) atoms. The number of amides is 1. The average molecular weight is 235 g/mol. The summed E-state index contributed by atoms with van der Waals surface area (Å²) in [6, 6.07) is 0. The molecule has 1 saturated carbocycles. The van der Waals surface area contributed by atoms with E-state index in [0.717, 1.165) is 12.7 Å². The summed E-state index contributed by atoms with van der Waals surface area (Å²) in [5, 5.41) is 11.1. The van der Waals surface area contributed by atoms with Crippen LogP contribution in [0.4, 0.5) is 0 Å². The summed E-state index contributed by atoms with van der Waals surface area (Å²) in [6.07, 6.45) is 2.38. The maximum absolute atomic E-state index is 11.2. The molecule has 0 aromatic carbocycles. The molecule has 1 aliphatic carbocycles. The minimum atomic E-state index is -3.41. The van der Waals surface area contributed by atoms with Gasteiger partial charge in [-0.3, -0.25) is 4.79 Å². The summed E-state index contributed by atoms with van der Waals surface area (Å²) < 4.78 is 21.6. The van der Waals surface area contributed by atoms with Crippen molar-refractivity contribution < 1.29 is 23.1 Å². The molecule has 0 aliphatic heterocycles. The molecule has 1 rings (SSSR count). The number of carbonyl (C=O) groups is 2. The lowest BCUT2D eigenvalue weighted by atomic mass is 9.77. The first-order valence-corrected chi connectivity index (χ1v) is 6.53. The standard InChI is InChI=1S/C8H13NO5S/c1-15(13,14)5-6(10)9-8(7(11)12)3-2-4-8/h2-5H2,1H3,(H,9,10)(H,11,12). The number of rotatable bonds is 4. The number of nitrogens with one attached hydrogen (secondary N) is 1. The molecule has 1 amide bonds. The fourth-order valence-electron chi connectivity index (χ4n) is 1.46. The fourth-order valence-corrected chi connectivity index (χ4v) is 2.01. The van der Waals surface area contributed by atoms with Gasteiger partial charge in [-0.25, -0.2) is 13.2 Å². The lowest BCUT2D eigenvalue weighted by molar-refractivity contribution is -0.151. The van der Waals surface area contributed by atoms with Crippen LogP contribution in [0.15, 0.2) is 0 Å². The Hall–Kier alpha value is -1.11. The minimum Gasteiger partial charge on any atom is -0.480 e. The molecule has 7 heteroatoms. The van der Waals surface area contributed by atoms with Crippen LogP contribution in [0.1, 0.15) is 19.3 Å². The highest BCUT2D eigenvalue weighted by Gasteiger charge is 2.45. The van der Waals surface area contributed by atoms with E-state index in [9.17, 15) is 18.0 Å². The van der Waals surface area contributed by atoms with Gasteiger partial charge >= 0.3 is 5.97 Å². The number of hydrogen-bond donors (Lipinski definition) is 2. The molecule has 0 spiro atoms. The van der Waals surface area contributed by atoms with Crippen LogP contribution in [0.5, 0.6) is 0 Å². The Labute approximate surface area is 87.6 Å². The lowest BCUT2D eigenvalue weighted by Gasteiger charge is -2.38. The van der Waals surface area contributed by atoms with Crippen LogP contribution in [0.2, 0.25) is 0 Å². The molecule has 0 atom stereocenters. The normalized spacial score (nSPS) is 19.0. The zero-order valence-corrected chi connectivity index (χ0v) is 9.13. The molecule has 0 bridgehead atoms. The quantitative estimate of drug-likeness (QED) is 0.661. The SMILES string of the molecule is CS(=O)(=O)CC(=O)NC1(C(=O)O)CCC1. The molecular formula is C8H13NO5S. The first kappa shape index (κ1) is 12.0. The van der Waals surface area contributed by atoms with Gasteiger partial charge in [0.2, 0.25) is 5.91 Å². The van der Waals surface area contributed by atoms with E-state index in [-0.39, 0.29) is 0 Å². The van der Waals surface area contributed by atoms with E-state index in [4.69, 9.17) is 5.11 Å². The minimum absolute atomic E-state index is 0.359. The molecule has 0 saturated heterocycles. The Balaban J connectivity index is 2.61. The van der Waals surface area contributed by atoms with Gasteiger partial charge in [-0.05, 0) is 19.3 Å². The molecule has 0 radical (unpaired) electrons. The van der Waals surface area contributed by atoms with Gasteiger partial charge in [-0.15, -0.1) is 0 Å². The summed E-state index contributed by atoms with van der Waals surface area (Å²) in [5.74, 6) is -2.52. The van der Waals surface area contributed by atoms with Crippen LogP contribution in [-0.2, 0) is 19.4 Å². The molecule has 0 heterocycles. The van der Waals surface area contributed by atoms with Gasteiger partial charge in [0.05, 0.1) is 0 Å². The van der Waals surface area contributed by atoms with Gasteiger partial charge in [0.25, 0.3) is 0 Å². The molecule has 0 unspecified atom stereocenters. The second-order valence-corrected chi connectivity index (χ2v) is 6.00. The van der Waals surface area contributed by atoms with E-state index < -0.39 is 33.0 Å². The second-order valence-electron chi connectivity index (χ2n) is 3.86. The fraction of sp³-hybridized carbons (Fsp3) is 0.750. The molecule has 0 aromatic rings. The van der Waals surface area contributed by atoms with Gasteiger partial charge in [-0.1, -0.05) is 0 Å². The summed E-state index contributed by atoms with van der Waals surface area (Å²) in [6.45, 7) is 0. The summed E-state index contributed by atoms with van der Waals surface area (Å²) >= 11 is 0. The molecule has 6 nitrogen and oxygen atoms in total. The third-order valence-corrected chi connectivity index (χ3v) is 3.18. The maximum atomic E-state index is 11.2. The number of carboxylic acid groups (broad SMARTS) is 1. The third kappa shape index (κ3) is 2.92. The Morgan fingerprint density at radius 1 is 1.40 bits per heavy atom. The molecule has 2 N–H and O–H groups in total. The molecular weight excluding hydrogens is 222 g/mol. The third-order valence-electron chi connectivity index (χ3n) is 2.39. The van der Waals surface area contributed by atoms with E-state index in [2.05, 4.69) is 5.32 Å². The van der Waals surface area contributed by atoms with Gasteiger partial charge in [-0.2, -0.15) is 0 Å². The van der Waals surface area contributed by atoms with Gasteiger partial charge in [0.1, 0.15) is 11.3 Å². The van der Waals surface area contributed by atoms with E-state index >= 15 is 0 Å². The predicted molar refractivity (Wildman–Crippen MR) is 52.1 cm³/mol. The molecule has 0 aromatic heterocycles. The van der Waals surface area contributed by atoms with Crippen molar-refractivity contribution in [1.29, 1.82) is 0 Å². The first-order chi connectivity index (χ1) is 6.75. The van der Waals surface area contributed by atoms with Gasteiger partial charge in [0, 0.05) is 6.26 Å². The number of carbonyl (C=O) groups excluding carboxylic acids is 1. The number of hydrogen-bond acceptors (Lipinski definition) is 4. The summed E-state index contributed by atoms with van der Waals surface area (Å²) in [4.78, 5) is 22.1. The highest BCUT2D eigenvalue weighted by Crippen LogP contribution is 2.31. The summed E-state index contributed by atoms with van der Waals surface area (Å²) in [7, 11) is -3.41. The molecule has 1 aliphatic rings. The number of carboxylic acids is 1. The number of sulfone groups is 1. The lowest BCUT2D eigenvalue weighted by Crippen LogP contribution is -2.60. The second kappa shape index (κ2) is 3.80. The average Bonchev–Trinajstić information content (AvgIpc) is 1.92. The Bertz CT molecular complexity index is 382. The van der Waals surface area contributed by atoms with Crippen molar-refractivity contribution in [2.24, 2.45) is 0 Å².